The van der Waals surface area contributed by atoms with Gasteiger partial charge in [-0.1, -0.05) is 44.2 Å². The lowest BCUT2D eigenvalue weighted by molar-refractivity contribution is -0.123. The van der Waals surface area contributed by atoms with Gasteiger partial charge < -0.3 is 14.2 Å². The normalized spacial score (nSPS) is 10.9. The van der Waals surface area contributed by atoms with Crippen LogP contribution in [0.2, 0.25) is 0 Å². The first kappa shape index (κ1) is 25.5. The largest absolute Gasteiger partial charge is 0.490 e. The van der Waals surface area contributed by atoms with Gasteiger partial charge in [0.2, 0.25) is 0 Å². The van der Waals surface area contributed by atoms with Crippen LogP contribution < -0.4 is 19.6 Å². The van der Waals surface area contributed by atoms with Crippen molar-refractivity contribution in [1.82, 2.24) is 5.43 Å². The molecule has 0 radical (unpaired) electrons. The quantitative estimate of drug-likeness (QED) is 0.187. The van der Waals surface area contributed by atoms with Gasteiger partial charge in [0.1, 0.15) is 5.75 Å². The van der Waals surface area contributed by atoms with E-state index in [1.54, 1.807) is 42.5 Å². The lowest BCUT2D eigenvalue weighted by Gasteiger charge is -2.14. The molecule has 7 heteroatoms. The Kier molecular flexibility index (Phi) is 9.01. The summed E-state index contributed by atoms with van der Waals surface area (Å²) in [5, 5.41) is 4.00. The van der Waals surface area contributed by atoms with Gasteiger partial charge in [-0.05, 0) is 72.9 Å². The zero-order valence-electron chi connectivity index (χ0n) is 20.4. The fourth-order valence-corrected chi connectivity index (χ4v) is 3.29. The van der Waals surface area contributed by atoms with Crippen LogP contribution >= 0.6 is 0 Å². The highest BCUT2D eigenvalue weighted by Crippen LogP contribution is 2.29. The molecule has 3 rings (SSSR count). The molecule has 0 heterocycles. The maximum Gasteiger partial charge on any atom is 0.343 e. The number of nitrogens with zero attached hydrogens (tertiary/aromatic N) is 1. The van der Waals surface area contributed by atoms with Crippen LogP contribution in [0, 0.1) is 6.92 Å². The second-order valence-corrected chi connectivity index (χ2v) is 8.17. The number of aryl methyl sites for hydroxylation is 1. The Labute approximate surface area is 205 Å². The first-order valence-electron chi connectivity index (χ1n) is 11.5. The summed E-state index contributed by atoms with van der Waals surface area (Å²) in [6.45, 7) is 8.20. The predicted octanol–water partition coefficient (Wildman–Crippen LogP) is 5.27. The van der Waals surface area contributed by atoms with Crippen LogP contribution in [-0.4, -0.2) is 31.3 Å². The van der Waals surface area contributed by atoms with E-state index < -0.39 is 5.97 Å². The summed E-state index contributed by atoms with van der Waals surface area (Å²) in [6, 6.07) is 19.7. The van der Waals surface area contributed by atoms with E-state index in [-0.39, 0.29) is 18.4 Å². The summed E-state index contributed by atoms with van der Waals surface area (Å²) >= 11 is 0. The third-order valence-electron chi connectivity index (χ3n) is 5.03. The van der Waals surface area contributed by atoms with Crippen molar-refractivity contribution in [2.75, 3.05) is 13.2 Å². The van der Waals surface area contributed by atoms with E-state index in [1.807, 2.05) is 38.1 Å². The van der Waals surface area contributed by atoms with Crippen LogP contribution in [0.5, 0.6) is 17.2 Å². The van der Waals surface area contributed by atoms with Crippen LogP contribution in [0.25, 0.3) is 0 Å². The molecule has 7 nitrogen and oxygen atoms in total. The van der Waals surface area contributed by atoms with Gasteiger partial charge in [0.05, 0.1) is 18.4 Å². The Morgan fingerprint density at radius 2 is 1.71 bits per heavy atom. The van der Waals surface area contributed by atoms with Crippen LogP contribution in [-0.2, 0) is 4.79 Å². The average Bonchev–Trinajstić information content (AvgIpc) is 2.84. The minimum Gasteiger partial charge on any atom is -0.490 e. The number of amides is 1. The molecular formula is C28H30N2O5. The Balaban J connectivity index is 1.60. The van der Waals surface area contributed by atoms with E-state index in [1.165, 1.54) is 6.21 Å². The lowest BCUT2D eigenvalue weighted by atomic mass is 10.0. The highest BCUT2D eigenvalue weighted by atomic mass is 16.6. The molecule has 1 amide bonds. The number of benzene rings is 3. The third-order valence-corrected chi connectivity index (χ3v) is 5.03. The van der Waals surface area contributed by atoms with Gasteiger partial charge >= 0.3 is 5.97 Å². The van der Waals surface area contributed by atoms with Crippen molar-refractivity contribution in [2.45, 2.75) is 33.6 Å². The van der Waals surface area contributed by atoms with E-state index in [0.717, 1.165) is 11.1 Å². The van der Waals surface area contributed by atoms with E-state index in [9.17, 15) is 9.59 Å². The molecule has 0 aliphatic heterocycles. The van der Waals surface area contributed by atoms with Crippen molar-refractivity contribution in [3.63, 3.8) is 0 Å². The summed E-state index contributed by atoms with van der Waals surface area (Å²) in [7, 11) is 0. The Morgan fingerprint density at radius 3 is 2.43 bits per heavy atom. The van der Waals surface area contributed by atoms with Gasteiger partial charge in [-0.15, -0.1) is 0 Å². The number of hydrogen-bond acceptors (Lipinski definition) is 6. The lowest BCUT2D eigenvalue weighted by Crippen LogP contribution is -2.25. The zero-order valence-corrected chi connectivity index (χ0v) is 20.4. The molecule has 35 heavy (non-hydrogen) atoms. The topological polar surface area (TPSA) is 86.2 Å². The smallest absolute Gasteiger partial charge is 0.343 e. The summed E-state index contributed by atoms with van der Waals surface area (Å²) in [5.74, 6) is 0.818. The molecule has 0 saturated heterocycles. The van der Waals surface area contributed by atoms with E-state index in [0.29, 0.717) is 35.0 Å². The number of nitrogens with one attached hydrogen (secondary N) is 1. The van der Waals surface area contributed by atoms with Gasteiger partial charge in [-0.3, -0.25) is 4.79 Å². The maximum absolute atomic E-state index is 12.4. The van der Waals surface area contributed by atoms with E-state index >= 15 is 0 Å². The second-order valence-electron chi connectivity index (χ2n) is 8.17. The summed E-state index contributed by atoms with van der Waals surface area (Å²) in [6.07, 6.45) is 1.48. The van der Waals surface area contributed by atoms with Crippen molar-refractivity contribution in [2.24, 2.45) is 5.10 Å². The monoisotopic (exact) mass is 474 g/mol. The first-order valence-corrected chi connectivity index (χ1v) is 11.5. The Morgan fingerprint density at radius 1 is 0.943 bits per heavy atom. The molecular weight excluding hydrogens is 444 g/mol. The van der Waals surface area contributed by atoms with Crippen LogP contribution in [0.3, 0.4) is 0 Å². The van der Waals surface area contributed by atoms with Gasteiger partial charge in [0.25, 0.3) is 5.91 Å². The van der Waals surface area contributed by atoms with Crippen LogP contribution in [0.1, 0.15) is 53.7 Å². The minimum absolute atomic E-state index is 0.154. The fraction of sp³-hybridized carbons (Fsp3) is 0.250. The van der Waals surface area contributed by atoms with Gasteiger partial charge in [-0.2, -0.15) is 5.10 Å². The molecule has 0 saturated carbocycles. The zero-order chi connectivity index (χ0) is 25.2. The number of carbonyl (C=O) groups is 2. The van der Waals surface area contributed by atoms with Crippen molar-refractivity contribution in [3.8, 4) is 17.2 Å². The highest BCUT2D eigenvalue weighted by molar-refractivity contribution is 5.91. The van der Waals surface area contributed by atoms with Crippen molar-refractivity contribution >= 4 is 18.1 Å². The number of ether oxygens (including phenoxy) is 3. The molecule has 182 valence electrons. The number of rotatable bonds is 10. The second kappa shape index (κ2) is 12.4. The molecule has 3 aromatic rings. The molecule has 0 fully saturated rings. The summed E-state index contributed by atoms with van der Waals surface area (Å²) in [5.41, 5.74) is 5.67. The molecule has 0 unspecified atom stereocenters. The van der Waals surface area contributed by atoms with Crippen molar-refractivity contribution in [3.05, 3.63) is 89.0 Å². The SMILES string of the molecule is CCOc1cc(C=NNC(=O)COc2cc(C)ccc2C(C)C)ccc1OC(=O)c1ccccc1. The van der Waals surface area contributed by atoms with Crippen molar-refractivity contribution in [1.29, 1.82) is 0 Å². The van der Waals surface area contributed by atoms with Gasteiger partial charge in [0.15, 0.2) is 18.1 Å². The molecule has 1 N–H and O–H groups in total. The number of carbonyl (C=O) groups excluding carboxylic acids is 2. The third kappa shape index (κ3) is 7.43. The Bertz CT molecular complexity index is 1190. The summed E-state index contributed by atoms with van der Waals surface area (Å²) in [4.78, 5) is 24.6. The number of hydrogen-bond donors (Lipinski definition) is 1. The average molecular weight is 475 g/mol. The minimum atomic E-state index is -0.477. The molecule has 3 aromatic carbocycles. The maximum atomic E-state index is 12.4. The molecule has 0 aromatic heterocycles. The molecule has 0 aliphatic carbocycles. The van der Waals surface area contributed by atoms with Gasteiger partial charge in [-0.25, -0.2) is 10.2 Å². The first-order chi connectivity index (χ1) is 16.9. The van der Waals surface area contributed by atoms with Crippen molar-refractivity contribution < 1.29 is 23.8 Å². The van der Waals surface area contributed by atoms with E-state index in [2.05, 4.69) is 24.4 Å². The molecule has 0 atom stereocenters. The number of hydrazone groups is 1. The number of esters is 1. The fourth-order valence-electron chi connectivity index (χ4n) is 3.29. The highest BCUT2D eigenvalue weighted by Gasteiger charge is 2.13. The van der Waals surface area contributed by atoms with E-state index in [4.69, 9.17) is 14.2 Å². The van der Waals surface area contributed by atoms with Crippen LogP contribution in [0.15, 0.2) is 71.8 Å². The molecule has 0 spiro atoms. The van der Waals surface area contributed by atoms with Crippen LogP contribution in [0.4, 0.5) is 0 Å². The Hall–Kier alpha value is -4.13. The molecule has 0 bridgehead atoms. The molecule has 0 aliphatic rings. The van der Waals surface area contributed by atoms with Gasteiger partial charge in [0, 0.05) is 0 Å². The predicted molar refractivity (Wildman–Crippen MR) is 136 cm³/mol. The standard InChI is InChI=1S/C28H30N2O5/c1-5-33-26-16-21(12-14-24(26)35-28(32)22-9-7-6-8-10-22)17-29-30-27(31)18-34-25-15-20(4)11-13-23(25)19(2)3/h6-17,19H,5,18H2,1-4H3,(H,30,31). The summed E-state index contributed by atoms with van der Waals surface area (Å²) < 4.78 is 16.8.